The van der Waals surface area contributed by atoms with Crippen LogP contribution in [-0.4, -0.2) is 11.3 Å². The largest absolute Gasteiger partial charge is 0.213 e. The van der Waals surface area contributed by atoms with E-state index in [0.29, 0.717) is 0 Å². The van der Waals surface area contributed by atoms with E-state index in [4.69, 9.17) is 0 Å². The summed E-state index contributed by atoms with van der Waals surface area (Å²) in [5.74, 6) is 0. The van der Waals surface area contributed by atoms with Gasteiger partial charge in [0.25, 0.3) is 0 Å². The average Bonchev–Trinajstić information content (AvgIpc) is 2.39. The van der Waals surface area contributed by atoms with Crippen molar-refractivity contribution in [2.24, 2.45) is 0 Å². The molecule has 1 aromatic carbocycles. The summed E-state index contributed by atoms with van der Waals surface area (Å²) in [4.78, 5) is 0. The van der Waals surface area contributed by atoms with Gasteiger partial charge in [0, 0.05) is 0 Å². The van der Waals surface area contributed by atoms with Crippen molar-refractivity contribution in [3.63, 3.8) is 0 Å². The maximum Gasteiger partial charge on any atom is -0.0295 e. The Morgan fingerprint density at radius 2 is 1.73 bits per heavy atom. The van der Waals surface area contributed by atoms with Gasteiger partial charge in [0.05, 0.1) is 0 Å². The molecule has 0 aromatic heterocycles. The molecule has 2 atom stereocenters. The molecule has 0 saturated carbocycles. The minimum absolute atomic E-state index is 0.222. The van der Waals surface area contributed by atoms with Crippen molar-refractivity contribution in [1.82, 2.24) is 0 Å². The van der Waals surface area contributed by atoms with Crippen LogP contribution in [0.5, 0.6) is 0 Å². The first kappa shape index (κ1) is 7.43. The monoisotopic (exact) mass is 165 g/mol. The third-order valence-electron chi connectivity index (χ3n) is 2.58. The Hall–Kier alpha value is -0.220. The predicted octanol–water partition coefficient (Wildman–Crippen LogP) is 2.69. The Morgan fingerprint density at radius 1 is 1.18 bits per heavy atom. The molecule has 0 unspecified atom stereocenters. The van der Waals surface area contributed by atoms with Gasteiger partial charge in [0.2, 0.25) is 0 Å². The van der Waals surface area contributed by atoms with Gasteiger partial charge in [0.15, 0.2) is 0 Å². The summed E-state index contributed by atoms with van der Waals surface area (Å²) in [5.41, 5.74) is 1.95. The summed E-state index contributed by atoms with van der Waals surface area (Å²) in [6, 6.07) is 8.90. The lowest BCUT2D eigenvalue weighted by atomic mass is 10.2. The van der Waals surface area contributed by atoms with Gasteiger partial charge in [-0.1, -0.05) is 13.8 Å². The molecule has 1 aromatic rings. The van der Waals surface area contributed by atoms with Crippen LogP contribution in [0.15, 0.2) is 24.3 Å². The molecule has 0 aliphatic carbocycles. The van der Waals surface area contributed by atoms with Gasteiger partial charge in [0.1, 0.15) is 0 Å². The molecule has 1 aliphatic heterocycles. The molecule has 0 spiro atoms. The smallest absolute Gasteiger partial charge is 0.0295 e. The average molecular weight is 165 g/mol. The first-order valence-electron chi connectivity index (χ1n) is 4.29. The van der Waals surface area contributed by atoms with Gasteiger partial charge in [-0.25, -0.2) is 12.1 Å². The highest BCUT2D eigenvalue weighted by molar-refractivity contribution is 7.68. The minimum atomic E-state index is 0.222. The highest BCUT2D eigenvalue weighted by atomic mass is 31.1. The Bertz CT molecular complexity index is 217. The summed E-state index contributed by atoms with van der Waals surface area (Å²) >= 11 is 0. The molecular formula is C10H14P-. The second-order valence-electron chi connectivity index (χ2n) is 3.48. The van der Waals surface area contributed by atoms with E-state index in [-0.39, 0.29) is 7.92 Å². The maximum atomic E-state index is 2.39. The zero-order valence-electron chi connectivity index (χ0n) is 7.12. The van der Waals surface area contributed by atoms with Gasteiger partial charge in [-0.15, -0.1) is 13.2 Å². The van der Waals surface area contributed by atoms with Crippen LogP contribution in [0.25, 0.3) is 0 Å². The molecule has 2 rings (SSSR count). The van der Waals surface area contributed by atoms with Crippen LogP contribution in [0.2, 0.25) is 0 Å². The van der Waals surface area contributed by atoms with Crippen molar-refractivity contribution in [3.05, 3.63) is 24.3 Å². The normalized spacial score (nSPS) is 31.8. The molecule has 0 radical (unpaired) electrons. The molecule has 1 fully saturated rings. The molecule has 0 bridgehead atoms. The number of hydrogen-bond acceptors (Lipinski definition) is 0. The molecule has 60 valence electrons. The molecule has 1 saturated heterocycles. The number of hydrogen-bond donors (Lipinski definition) is 0. The Morgan fingerprint density at radius 3 is 2.18 bits per heavy atom. The van der Waals surface area contributed by atoms with Crippen molar-refractivity contribution < 1.29 is 0 Å². The summed E-state index contributed by atoms with van der Waals surface area (Å²) in [5, 5.41) is 1.62. The van der Waals surface area contributed by atoms with Crippen molar-refractivity contribution in [1.29, 1.82) is 0 Å². The van der Waals surface area contributed by atoms with E-state index < -0.39 is 0 Å². The van der Waals surface area contributed by atoms with Crippen LogP contribution in [0.3, 0.4) is 0 Å². The van der Waals surface area contributed by atoms with E-state index >= 15 is 0 Å². The maximum absolute atomic E-state index is 2.39. The van der Waals surface area contributed by atoms with Gasteiger partial charge < -0.3 is 0 Å². The van der Waals surface area contributed by atoms with Crippen LogP contribution < -0.4 is 5.30 Å². The van der Waals surface area contributed by atoms with Gasteiger partial charge in [-0.3, -0.25) is 0 Å². The SMILES string of the molecule is C[C@H]1C[C@H](C)P1[c-]1cccc1. The third kappa shape index (κ3) is 1.14. The van der Waals surface area contributed by atoms with E-state index in [9.17, 15) is 0 Å². The van der Waals surface area contributed by atoms with Crippen molar-refractivity contribution in [2.45, 2.75) is 31.6 Å². The lowest BCUT2D eigenvalue weighted by molar-refractivity contribution is 0.714. The standard InChI is InChI=1S/C10H14P/c1-8-7-9(2)11(8)10-5-3-4-6-10/h3-6,8-9H,7H2,1-2H3/q-1/t8-,9-/m0/s1. The summed E-state index contributed by atoms with van der Waals surface area (Å²) in [6.07, 6.45) is 1.44. The van der Waals surface area contributed by atoms with Crippen molar-refractivity contribution in [2.75, 3.05) is 0 Å². The predicted molar refractivity (Wildman–Crippen MR) is 52.1 cm³/mol. The van der Waals surface area contributed by atoms with E-state index in [1.807, 2.05) is 0 Å². The molecule has 0 N–H and O–H groups in total. The van der Waals surface area contributed by atoms with Gasteiger partial charge in [-0.05, 0) is 17.7 Å². The number of rotatable bonds is 1. The van der Waals surface area contributed by atoms with Crippen LogP contribution >= 0.6 is 7.92 Å². The molecule has 0 amide bonds. The molecule has 1 heteroatoms. The van der Waals surface area contributed by atoms with Crippen LogP contribution in [-0.2, 0) is 0 Å². The van der Waals surface area contributed by atoms with Crippen LogP contribution in [0.4, 0.5) is 0 Å². The topological polar surface area (TPSA) is 0 Å². The minimum Gasteiger partial charge on any atom is -0.213 e. The highest BCUT2D eigenvalue weighted by Crippen LogP contribution is 2.57. The second kappa shape index (κ2) is 2.68. The van der Waals surface area contributed by atoms with Crippen molar-refractivity contribution >= 4 is 13.2 Å². The van der Waals surface area contributed by atoms with E-state index in [1.165, 1.54) is 6.42 Å². The molecule has 1 heterocycles. The van der Waals surface area contributed by atoms with Crippen molar-refractivity contribution in [3.8, 4) is 0 Å². The van der Waals surface area contributed by atoms with E-state index in [1.54, 1.807) is 5.30 Å². The lowest BCUT2D eigenvalue weighted by Gasteiger charge is -2.44. The molecule has 0 nitrogen and oxygen atoms in total. The molecule has 11 heavy (non-hydrogen) atoms. The Labute approximate surface area is 69.7 Å². The fraction of sp³-hybridized carbons (Fsp3) is 0.500. The zero-order chi connectivity index (χ0) is 7.84. The summed E-state index contributed by atoms with van der Waals surface area (Å²) in [6.45, 7) is 4.78. The highest BCUT2D eigenvalue weighted by Gasteiger charge is 2.31. The first-order chi connectivity index (χ1) is 5.29. The van der Waals surface area contributed by atoms with Crippen LogP contribution in [0, 0.1) is 0 Å². The first-order valence-corrected chi connectivity index (χ1v) is 5.77. The summed E-state index contributed by atoms with van der Waals surface area (Å²) < 4.78 is 0. The zero-order valence-corrected chi connectivity index (χ0v) is 8.01. The van der Waals surface area contributed by atoms with E-state index in [2.05, 4.69) is 38.1 Å². The second-order valence-corrected chi connectivity index (χ2v) is 6.58. The lowest BCUT2D eigenvalue weighted by Crippen LogP contribution is -2.30. The van der Waals surface area contributed by atoms with Crippen LogP contribution in [0.1, 0.15) is 20.3 Å². The summed E-state index contributed by atoms with van der Waals surface area (Å²) in [7, 11) is 0.222. The Kier molecular flexibility index (Phi) is 1.81. The van der Waals surface area contributed by atoms with E-state index in [0.717, 1.165) is 11.3 Å². The molecule has 1 aliphatic rings. The fourth-order valence-corrected chi connectivity index (χ4v) is 5.16. The van der Waals surface area contributed by atoms with Gasteiger partial charge in [-0.2, -0.15) is 12.1 Å². The fourth-order valence-electron chi connectivity index (χ4n) is 2.06. The van der Waals surface area contributed by atoms with Gasteiger partial charge >= 0.3 is 0 Å². The Balaban J connectivity index is 2.17. The third-order valence-corrected chi connectivity index (χ3v) is 5.79. The molecular weight excluding hydrogens is 151 g/mol. The quantitative estimate of drug-likeness (QED) is 0.443.